The third kappa shape index (κ3) is 3.53. The van der Waals surface area contributed by atoms with Crippen molar-refractivity contribution < 1.29 is 9.90 Å². The molecular formula is C25H16N2O2S3. The fraction of sp³-hybridized carbons (Fsp3) is 0.0400. The smallest absolute Gasteiger partial charge is 0.335 e. The molecule has 0 atom stereocenters. The Bertz CT molecular complexity index is 1490. The molecule has 0 spiro atoms. The monoisotopic (exact) mass is 472 g/mol. The van der Waals surface area contributed by atoms with Crippen LogP contribution in [0, 0.1) is 18.3 Å². The van der Waals surface area contributed by atoms with Gasteiger partial charge in [0.1, 0.15) is 10.9 Å². The summed E-state index contributed by atoms with van der Waals surface area (Å²) in [6.07, 6.45) is 0. The zero-order chi connectivity index (χ0) is 22.2. The number of thiophene rings is 2. The molecule has 5 aromatic rings. The van der Waals surface area contributed by atoms with Crippen molar-refractivity contribution in [3.63, 3.8) is 0 Å². The molecule has 0 aliphatic carbocycles. The Hall–Kier alpha value is -3.31. The summed E-state index contributed by atoms with van der Waals surface area (Å²) >= 11 is 4.61. The first kappa shape index (κ1) is 20.6. The van der Waals surface area contributed by atoms with Crippen LogP contribution in [-0.4, -0.2) is 15.0 Å². The number of carboxylic acids is 1. The van der Waals surface area contributed by atoms with E-state index in [1.165, 1.54) is 16.9 Å². The number of aromatic nitrogens is 1. The van der Waals surface area contributed by atoms with E-state index in [0.717, 1.165) is 37.5 Å². The van der Waals surface area contributed by atoms with Crippen LogP contribution in [-0.2, 0) is 0 Å². The Morgan fingerprint density at radius 2 is 1.88 bits per heavy atom. The number of aryl methyl sites for hydroxylation is 1. The molecule has 7 heteroatoms. The predicted molar refractivity (Wildman–Crippen MR) is 133 cm³/mol. The van der Waals surface area contributed by atoms with E-state index in [2.05, 4.69) is 47.3 Å². The maximum absolute atomic E-state index is 11.7. The van der Waals surface area contributed by atoms with Crippen molar-refractivity contribution in [1.82, 2.24) is 3.97 Å². The highest BCUT2D eigenvalue weighted by Crippen LogP contribution is 2.47. The summed E-state index contributed by atoms with van der Waals surface area (Å²) in [5.74, 6) is -0.972. The molecule has 3 aromatic heterocycles. The molecule has 1 N–H and O–H groups in total. The van der Waals surface area contributed by atoms with E-state index in [-0.39, 0.29) is 5.56 Å². The van der Waals surface area contributed by atoms with Crippen LogP contribution in [0.25, 0.3) is 32.6 Å². The van der Waals surface area contributed by atoms with Crippen LogP contribution < -0.4 is 0 Å². The number of nitrogens with zero attached hydrogens (tertiary/aromatic N) is 2. The van der Waals surface area contributed by atoms with Crippen molar-refractivity contribution in [3.05, 3.63) is 87.4 Å². The van der Waals surface area contributed by atoms with Gasteiger partial charge in [0, 0.05) is 21.4 Å². The Kier molecular flexibility index (Phi) is 5.35. The highest BCUT2D eigenvalue weighted by Gasteiger charge is 2.25. The van der Waals surface area contributed by atoms with Crippen molar-refractivity contribution >= 4 is 51.5 Å². The summed E-state index contributed by atoms with van der Waals surface area (Å²) in [4.78, 5) is 14.5. The maximum Gasteiger partial charge on any atom is 0.335 e. The fourth-order valence-corrected chi connectivity index (χ4v) is 6.22. The lowest BCUT2D eigenvalue weighted by atomic mass is 10.0. The quantitative estimate of drug-likeness (QED) is 0.287. The third-order valence-corrected chi connectivity index (χ3v) is 7.92. The summed E-state index contributed by atoms with van der Waals surface area (Å²) < 4.78 is 2.16. The Morgan fingerprint density at radius 1 is 1.06 bits per heavy atom. The third-order valence-electron chi connectivity index (χ3n) is 5.18. The molecule has 0 unspecified atom stereocenters. The van der Waals surface area contributed by atoms with Crippen molar-refractivity contribution in [2.75, 3.05) is 0 Å². The highest BCUT2D eigenvalue weighted by atomic mass is 32.2. The van der Waals surface area contributed by atoms with Crippen molar-refractivity contribution in [2.45, 2.75) is 11.8 Å². The molecule has 0 fully saturated rings. The van der Waals surface area contributed by atoms with E-state index in [9.17, 15) is 15.2 Å². The van der Waals surface area contributed by atoms with Crippen LogP contribution in [0.2, 0.25) is 0 Å². The maximum atomic E-state index is 11.7. The second kappa shape index (κ2) is 8.32. The minimum atomic E-state index is -0.972. The van der Waals surface area contributed by atoms with Gasteiger partial charge in [0.05, 0.1) is 21.7 Å². The van der Waals surface area contributed by atoms with Crippen LogP contribution >= 0.6 is 34.6 Å². The number of hydrogen-bond donors (Lipinski definition) is 1. The normalized spacial score (nSPS) is 11.0. The van der Waals surface area contributed by atoms with E-state index in [1.54, 1.807) is 35.4 Å². The molecule has 0 aliphatic heterocycles. The van der Waals surface area contributed by atoms with E-state index in [1.807, 2.05) is 29.0 Å². The number of carbonyl (C=O) groups is 1. The van der Waals surface area contributed by atoms with Gasteiger partial charge < -0.3 is 5.11 Å². The number of fused-ring (bicyclic) bond motifs is 1. The summed E-state index contributed by atoms with van der Waals surface area (Å²) in [5.41, 5.74) is 5.02. The first-order chi connectivity index (χ1) is 15.6. The van der Waals surface area contributed by atoms with Crippen molar-refractivity contribution in [2.24, 2.45) is 0 Å². The number of benzene rings is 2. The van der Waals surface area contributed by atoms with Crippen LogP contribution in [0.4, 0.5) is 0 Å². The van der Waals surface area contributed by atoms with Crippen LogP contribution in [0.5, 0.6) is 0 Å². The summed E-state index contributed by atoms with van der Waals surface area (Å²) in [6, 6.07) is 21.9. The molecule has 5 rings (SSSR count). The molecule has 0 bridgehead atoms. The van der Waals surface area contributed by atoms with Gasteiger partial charge in [-0.3, -0.25) is 3.97 Å². The number of rotatable bonds is 5. The number of nitriles is 1. The summed E-state index contributed by atoms with van der Waals surface area (Å²) in [5, 5.41) is 24.1. The topological polar surface area (TPSA) is 66.0 Å². The van der Waals surface area contributed by atoms with Gasteiger partial charge in [-0.05, 0) is 72.1 Å². The van der Waals surface area contributed by atoms with Crippen LogP contribution in [0.15, 0.2) is 76.3 Å². The predicted octanol–water partition coefficient (Wildman–Crippen LogP) is 7.53. The van der Waals surface area contributed by atoms with E-state index < -0.39 is 5.97 Å². The van der Waals surface area contributed by atoms with Gasteiger partial charge >= 0.3 is 5.97 Å². The first-order valence-corrected chi connectivity index (χ1v) is 12.3. The molecule has 0 radical (unpaired) electrons. The average Bonchev–Trinajstić information content (AvgIpc) is 3.53. The van der Waals surface area contributed by atoms with Gasteiger partial charge in [0.25, 0.3) is 0 Å². The Morgan fingerprint density at radius 3 is 2.56 bits per heavy atom. The molecule has 2 aromatic carbocycles. The Labute approximate surface area is 197 Å². The van der Waals surface area contributed by atoms with Gasteiger partial charge in [-0.2, -0.15) is 5.26 Å². The molecule has 3 heterocycles. The zero-order valence-corrected chi connectivity index (χ0v) is 19.4. The summed E-state index contributed by atoms with van der Waals surface area (Å²) in [7, 11) is 0. The largest absolute Gasteiger partial charge is 0.478 e. The van der Waals surface area contributed by atoms with Crippen LogP contribution in [0.3, 0.4) is 0 Å². The molecule has 0 saturated carbocycles. The lowest BCUT2D eigenvalue weighted by Crippen LogP contribution is -1.95. The Balaban J connectivity index is 1.87. The van der Waals surface area contributed by atoms with Gasteiger partial charge in [0.2, 0.25) is 0 Å². The van der Waals surface area contributed by atoms with Crippen molar-refractivity contribution in [3.8, 4) is 27.8 Å². The lowest BCUT2D eigenvalue weighted by Gasteiger charge is -2.10. The fourth-order valence-electron chi connectivity index (χ4n) is 3.70. The second-order valence-corrected chi connectivity index (χ2v) is 10.1. The highest BCUT2D eigenvalue weighted by molar-refractivity contribution is 7.98. The molecule has 0 amide bonds. The minimum Gasteiger partial charge on any atom is -0.478 e. The van der Waals surface area contributed by atoms with E-state index in [0.29, 0.717) is 4.88 Å². The molecule has 32 heavy (non-hydrogen) atoms. The van der Waals surface area contributed by atoms with Crippen LogP contribution in [0.1, 0.15) is 20.8 Å². The van der Waals surface area contributed by atoms with E-state index in [4.69, 9.17) is 0 Å². The summed E-state index contributed by atoms with van der Waals surface area (Å²) in [6.45, 7) is 2.06. The zero-order valence-electron chi connectivity index (χ0n) is 16.9. The van der Waals surface area contributed by atoms with Crippen molar-refractivity contribution in [1.29, 1.82) is 5.26 Å². The van der Waals surface area contributed by atoms with Gasteiger partial charge in [0.15, 0.2) is 0 Å². The standard InChI is InChI=1S/C25H16N2O2S3/c1-15-4-7-17(8-5-15)32-27-20-9-6-16(25(28)29)13-19(20)23(18-10-12-31-22(18)14-26)24(27)21-3-2-11-30-21/h2-13H,1H3,(H,28,29). The second-order valence-electron chi connectivity index (χ2n) is 7.21. The molecule has 4 nitrogen and oxygen atoms in total. The lowest BCUT2D eigenvalue weighted by molar-refractivity contribution is 0.0697. The molecular weight excluding hydrogens is 456 g/mol. The molecule has 156 valence electrons. The molecule has 0 aliphatic rings. The average molecular weight is 473 g/mol. The van der Waals surface area contributed by atoms with E-state index >= 15 is 0 Å². The molecule has 0 saturated heterocycles. The number of carboxylic acid groups (broad SMARTS) is 1. The SMILES string of the molecule is Cc1ccc(Sn2c(-c3cccs3)c(-c3ccsc3C#N)c3cc(C(=O)O)ccc32)cc1. The van der Waals surface area contributed by atoms with Gasteiger partial charge in [-0.25, -0.2) is 4.79 Å². The minimum absolute atomic E-state index is 0.225. The van der Waals surface area contributed by atoms with Gasteiger partial charge in [-0.15, -0.1) is 22.7 Å². The number of aromatic carboxylic acids is 1. The van der Waals surface area contributed by atoms with Gasteiger partial charge in [-0.1, -0.05) is 23.8 Å². The first-order valence-electron chi connectivity index (χ1n) is 9.75. The number of hydrogen-bond acceptors (Lipinski definition) is 5.